The lowest BCUT2D eigenvalue weighted by Gasteiger charge is -2.19. The van der Waals surface area contributed by atoms with Gasteiger partial charge in [0.25, 0.3) is 0 Å². The summed E-state index contributed by atoms with van der Waals surface area (Å²) in [6.45, 7) is 0. The number of nitrogens with one attached hydrogen (secondary N) is 1. The van der Waals surface area contributed by atoms with Crippen molar-refractivity contribution in [1.29, 1.82) is 0 Å². The Morgan fingerprint density at radius 2 is 2.06 bits per heavy atom. The van der Waals surface area contributed by atoms with Crippen LogP contribution in [-0.2, 0) is 6.42 Å². The fourth-order valence-corrected chi connectivity index (χ4v) is 6.18. The molecule has 1 N–H and O–H groups in total. The van der Waals surface area contributed by atoms with Crippen LogP contribution in [0.3, 0.4) is 0 Å². The van der Waals surface area contributed by atoms with E-state index in [1.54, 1.807) is 17.8 Å². The van der Waals surface area contributed by atoms with Gasteiger partial charge in [0.15, 0.2) is 0 Å². The first-order chi connectivity index (χ1) is 8.78. The zero-order valence-electron chi connectivity index (χ0n) is 10.7. The summed E-state index contributed by atoms with van der Waals surface area (Å²) in [7, 11) is 2.13. The lowest BCUT2D eigenvalue weighted by Crippen LogP contribution is -2.32. The molecule has 3 aliphatic rings. The number of likely N-dealkylation sites (N-methyl/N-ethyl adjacent to an activating group) is 1. The van der Waals surface area contributed by atoms with E-state index in [0.717, 1.165) is 33.9 Å². The lowest BCUT2D eigenvalue weighted by atomic mass is 9.95. The molecule has 3 aliphatic carbocycles. The molecule has 3 fully saturated rings. The first kappa shape index (κ1) is 11.7. The second-order valence-electron chi connectivity index (χ2n) is 6.37. The average Bonchev–Trinajstić information content (AvgIpc) is 2.71. The minimum Gasteiger partial charge on any atom is -0.316 e. The molecule has 4 rings (SSSR count). The van der Waals surface area contributed by atoms with Gasteiger partial charge in [0.1, 0.15) is 0 Å². The highest BCUT2D eigenvalue weighted by Crippen LogP contribution is 2.70. The highest BCUT2D eigenvalue weighted by molar-refractivity contribution is 7.16. The smallest absolute Gasteiger partial charge is 0.0931 e. The molecule has 0 spiro atoms. The molecule has 3 saturated carbocycles. The topological polar surface area (TPSA) is 12.0 Å². The molecule has 5 atom stereocenters. The van der Waals surface area contributed by atoms with Crippen molar-refractivity contribution >= 4 is 22.9 Å². The first-order valence-electron chi connectivity index (χ1n) is 7.19. The maximum atomic E-state index is 6.03. The Hall–Kier alpha value is -0.0500. The molecule has 1 heterocycles. The van der Waals surface area contributed by atoms with Gasteiger partial charge in [0, 0.05) is 10.9 Å². The van der Waals surface area contributed by atoms with Crippen LogP contribution in [0.1, 0.15) is 24.1 Å². The van der Waals surface area contributed by atoms with Crippen molar-refractivity contribution in [3.8, 4) is 0 Å². The molecule has 1 aromatic heterocycles. The van der Waals surface area contributed by atoms with Crippen molar-refractivity contribution in [2.75, 3.05) is 7.05 Å². The van der Waals surface area contributed by atoms with Crippen LogP contribution >= 0.6 is 22.9 Å². The predicted molar refractivity (Wildman–Crippen MR) is 77.2 cm³/mol. The third kappa shape index (κ3) is 1.69. The van der Waals surface area contributed by atoms with Gasteiger partial charge in [-0.15, -0.1) is 11.3 Å². The maximum Gasteiger partial charge on any atom is 0.0931 e. The minimum absolute atomic E-state index is 0.679. The largest absolute Gasteiger partial charge is 0.316 e. The number of halogens is 1. The van der Waals surface area contributed by atoms with Crippen LogP contribution in [0.2, 0.25) is 4.34 Å². The van der Waals surface area contributed by atoms with Gasteiger partial charge in [0.05, 0.1) is 4.34 Å². The lowest BCUT2D eigenvalue weighted by molar-refractivity contribution is 0.378. The molecule has 2 bridgehead atoms. The standard InChI is InChI=1S/C15H20ClNS/c1-17-11(7-10-4-5-12(16)18-10)15-13-8-2-3-9(6-8)14(13)15/h4-5,8-9,11,13-15,17H,2-3,6-7H2,1H3. The highest BCUT2D eigenvalue weighted by atomic mass is 35.5. The highest BCUT2D eigenvalue weighted by Gasteiger charge is 2.66. The summed E-state index contributed by atoms with van der Waals surface area (Å²) >= 11 is 7.78. The molecule has 0 amide bonds. The van der Waals surface area contributed by atoms with Crippen molar-refractivity contribution in [3.05, 3.63) is 21.3 Å². The molecule has 18 heavy (non-hydrogen) atoms. The molecule has 5 unspecified atom stereocenters. The molecule has 1 aromatic rings. The van der Waals surface area contributed by atoms with Crippen LogP contribution in [0.25, 0.3) is 0 Å². The Morgan fingerprint density at radius 3 is 2.61 bits per heavy atom. The number of fused-ring (bicyclic) bond motifs is 5. The van der Waals surface area contributed by atoms with Crippen molar-refractivity contribution in [3.63, 3.8) is 0 Å². The number of thiophene rings is 1. The Kier molecular flexibility index (Phi) is 2.76. The number of rotatable bonds is 4. The summed E-state index contributed by atoms with van der Waals surface area (Å²) in [5, 5.41) is 3.58. The van der Waals surface area contributed by atoms with E-state index in [2.05, 4.69) is 18.4 Å². The van der Waals surface area contributed by atoms with E-state index in [1.165, 1.54) is 24.1 Å². The van der Waals surface area contributed by atoms with Gasteiger partial charge in [-0.3, -0.25) is 0 Å². The fourth-order valence-electron chi connectivity index (χ4n) is 5.04. The molecule has 0 radical (unpaired) electrons. The molecule has 0 aromatic carbocycles. The van der Waals surface area contributed by atoms with Crippen LogP contribution in [0.5, 0.6) is 0 Å². The third-order valence-corrected chi connectivity index (χ3v) is 6.93. The fraction of sp³-hybridized carbons (Fsp3) is 0.733. The van der Waals surface area contributed by atoms with Gasteiger partial charge in [-0.1, -0.05) is 11.6 Å². The van der Waals surface area contributed by atoms with E-state index in [0.29, 0.717) is 6.04 Å². The average molecular weight is 282 g/mol. The summed E-state index contributed by atoms with van der Waals surface area (Å²) < 4.78 is 0.927. The second-order valence-corrected chi connectivity index (χ2v) is 8.17. The zero-order chi connectivity index (χ0) is 12.3. The summed E-state index contributed by atoms with van der Waals surface area (Å²) in [4.78, 5) is 1.44. The van der Waals surface area contributed by atoms with E-state index in [1.807, 2.05) is 6.07 Å². The van der Waals surface area contributed by atoms with Crippen LogP contribution in [0.15, 0.2) is 12.1 Å². The Labute approximate surface area is 118 Å². The SMILES string of the molecule is CNC(Cc1ccc(Cl)s1)C1C2C3CCC(C3)C21. The minimum atomic E-state index is 0.679. The molecule has 0 aliphatic heterocycles. The predicted octanol–water partition coefficient (Wildman–Crippen LogP) is 3.82. The van der Waals surface area contributed by atoms with Crippen molar-refractivity contribution in [2.45, 2.75) is 31.7 Å². The maximum absolute atomic E-state index is 6.03. The summed E-state index contributed by atoms with van der Waals surface area (Å²) in [5.74, 6) is 5.25. The zero-order valence-corrected chi connectivity index (χ0v) is 12.3. The van der Waals surface area contributed by atoms with Crippen LogP contribution in [0.4, 0.5) is 0 Å². The molecule has 1 nitrogen and oxygen atoms in total. The van der Waals surface area contributed by atoms with E-state index < -0.39 is 0 Å². The number of hydrogen-bond acceptors (Lipinski definition) is 2. The molecular formula is C15H20ClNS. The van der Waals surface area contributed by atoms with Gasteiger partial charge in [-0.25, -0.2) is 0 Å². The van der Waals surface area contributed by atoms with Crippen molar-refractivity contribution in [2.24, 2.45) is 29.6 Å². The second kappa shape index (κ2) is 4.22. The molecular weight excluding hydrogens is 262 g/mol. The van der Waals surface area contributed by atoms with Crippen molar-refractivity contribution in [1.82, 2.24) is 5.32 Å². The Bertz CT molecular complexity index is 441. The molecule has 3 heteroatoms. The Morgan fingerprint density at radius 1 is 1.33 bits per heavy atom. The summed E-state index contributed by atoms with van der Waals surface area (Å²) in [6.07, 6.45) is 5.76. The summed E-state index contributed by atoms with van der Waals surface area (Å²) in [5.41, 5.74) is 0. The number of hydrogen-bond donors (Lipinski definition) is 1. The van der Waals surface area contributed by atoms with E-state index in [4.69, 9.17) is 11.6 Å². The van der Waals surface area contributed by atoms with Gasteiger partial charge in [0.2, 0.25) is 0 Å². The van der Waals surface area contributed by atoms with Crippen LogP contribution < -0.4 is 5.32 Å². The van der Waals surface area contributed by atoms with Gasteiger partial charge in [-0.05, 0) is 74.5 Å². The monoisotopic (exact) mass is 281 g/mol. The van der Waals surface area contributed by atoms with E-state index in [9.17, 15) is 0 Å². The van der Waals surface area contributed by atoms with Gasteiger partial charge < -0.3 is 5.32 Å². The Balaban J connectivity index is 1.47. The quantitative estimate of drug-likeness (QED) is 0.885. The molecule has 0 saturated heterocycles. The third-order valence-electron chi connectivity index (χ3n) is 5.68. The first-order valence-corrected chi connectivity index (χ1v) is 8.39. The van der Waals surface area contributed by atoms with E-state index >= 15 is 0 Å². The van der Waals surface area contributed by atoms with Crippen LogP contribution in [-0.4, -0.2) is 13.1 Å². The van der Waals surface area contributed by atoms with Gasteiger partial charge in [-0.2, -0.15) is 0 Å². The van der Waals surface area contributed by atoms with Crippen LogP contribution in [0, 0.1) is 29.6 Å². The van der Waals surface area contributed by atoms with Crippen molar-refractivity contribution < 1.29 is 0 Å². The van der Waals surface area contributed by atoms with Gasteiger partial charge >= 0.3 is 0 Å². The molecule has 98 valence electrons. The normalized spacial score (nSPS) is 42.0. The summed E-state index contributed by atoms with van der Waals surface area (Å²) in [6, 6.07) is 4.91. The van der Waals surface area contributed by atoms with E-state index in [-0.39, 0.29) is 0 Å².